The third-order valence-electron chi connectivity index (χ3n) is 4.24. The van der Waals surface area contributed by atoms with Gasteiger partial charge in [-0.2, -0.15) is 0 Å². The van der Waals surface area contributed by atoms with Gasteiger partial charge in [0.1, 0.15) is 5.82 Å². The predicted octanol–water partition coefficient (Wildman–Crippen LogP) is 5.84. The first-order chi connectivity index (χ1) is 14.6. The first kappa shape index (κ1) is 23.1. The maximum atomic E-state index is 12.3. The molecule has 5 nitrogen and oxygen atoms in total. The minimum absolute atomic E-state index is 0.0569. The summed E-state index contributed by atoms with van der Waals surface area (Å²) >= 11 is 11.0. The highest BCUT2D eigenvalue weighted by molar-refractivity contribution is 7.99. The summed E-state index contributed by atoms with van der Waals surface area (Å²) in [5.74, 6) is 2.69. The van der Waals surface area contributed by atoms with Gasteiger partial charge in [0.25, 0.3) is 0 Å². The molecule has 0 saturated carbocycles. The van der Waals surface area contributed by atoms with Crippen molar-refractivity contribution < 1.29 is 4.79 Å². The first-order valence-electron chi connectivity index (χ1n) is 9.40. The fourth-order valence-corrected chi connectivity index (χ4v) is 5.28. The summed E-state index contributed by atoms with van der Waals surface area (Å²) in [5.41, 5.74) is 1.92. The number of carbonyl (C=O) groups excluding carboxylic acids is 1. The van der Waals surface area contributed by atoms with Crippen LogP contribution in [0.3, 0.4) is 0 Å². The van der Waals surface area contributed by atoms with E-state index < -0.39 is 0 Å². The molecule has 2 aromatic carbocycles. The van der Waals surface area contributed by atoms with Gasteiger partial charge >= 0.3 is 0 Å². The predicted molar refractivity (Wildman–Crippen MR) is 130 cm³/mol. The largest absolute Gasteiger partial charge is 0.325 e. The maximum absolute atomic E-state index is 12.3. The quantitative estimate of drug-likeness (QED) is 0.369. The van der Waals surface area contributed by atoms with Gasteiger partial charge in [-0.05, 0) is 43.0 Å². The molecule has 0 aliphatic carbocycles. The summed E-state index contributed by atoms with van der Waals surface area (Å²) in [4.78, 5) is 13.5. The third kappa shape index (κ3) is 6.44. The third-order valence-corrected chi connectivity index (χ3v) is 7.28. The molecule has 0 atom stereocenters. The summed E-state index contributed by atoms with van der Waals surface area (Å²) in [6.45, 7) is 2.82. The van der Waals surface area contributed by atoms with Crippen molar-refractivity contribution in [2.75, 3.05) is 17.3 Å². The summed E-state index contributed by atoms with van der Waals surface area (Å²) in [5, 5.41) is 13.1. The number of aromatic nitrogens is 3. The molecule has 0 spiro atoms. The second-order valence-electron chi connectivity index (χ2n) is 6.30. The van der Waals surface area contributed by atoms with Gasteiger partial charge in [0.2, 0.25) is 5.91 Å². The Hall–Kier alpha value is -1.61. The molecule has 30 heavy (non-hydrogen) atoms. The number of carbonyl (C=O) groups is 1. The van der Waals surface area contributed by atoms with Crippen molar-refractivity contribution >= 4 is 58.5 Å². The minimum atomic E-state index is -0.0569. The van der Waals surface area contributed by atoms with Crippen LogP contribution in [-0.2, 0) is 22.8 Å². The lowest BCUT2D eigenvalue weighted by atomic mass is 10.2. The van der Waals surface area contributed by atoms with E-state index >= 15 is 0 Å². The number of hydrogen-bond donors (Lipinski definition) is 1. The maximum Gasteiger partial charge on any atom is 0.234 e. The zero-order valence-electron chi connectivity index (χ0n) is 16.8. The number of amides is 1. The molecule has 1 heterocycles. The molecule has 158 valence electrons. The molecule has 3 rings (SSSR count). The van der Waals surface area contributed by atoms with Crippen LogP contribution in [0.1, 0.15) is 18.3 Å². The van der Waals surface area contributed by atoms with Crippen LogP contribution in [0.4, 0.5) is 5.69 Å². The van der Waals surface area contributed by atoms with Gasteiger partial charge in [0.05, 0.1) is 11.5 Å². The van der Waals surface area contributed by atoms with Crippen molar-refractivity contribution in [3.05, 3.63) is 64.9 Å². The second-order valence-corrected chi connectivity index (χ2v) is 9.51. The molecular weight excluding hydrogens is 456 g/mol. The summed E-state index contributed by atoms with van der Waals surface area (Å²) < 4.78 is 2.06. The molecule has 1 amide bonds. The smallest absolute Gasteiger partial charge is 0.234 e. The summed E-state index contributed by atoms with van der Waals surface area (Å²) in [7, 11) is 0. The van der Waals surface area contributed by atoms with Crippen LogP contribution in [-0.4, -0.2) is 32.7 Å². The van der Waals surface area contributed by atoms with Crippen LogP contribution in [0.15, 0.2) is 58.6 Å². The van der Waals surface area contributed by atoms with Gasteiger partial charge < -0.3 is 9.88 Å². The molecular formula is C21H23ClN4OS3. The fourth-order valence-electron chi connectivity index (χ4n) is 2.75. The highest BCUT2D eigenvalue weighted by Gasteiger charge is 2.14. The van der Waals surface area contributed by atoms with Crippen molar-refractivity contribution in [2.45, 2.75) is 35.0 Å². The molecule has 0 bridgehead atoms. The Morgan fingerprint density at radius 2 is 1.97 bits per heavy atom. The molecule has 1 aromatic heterocycles. The molecule has 0 fully saturated rings. The van der Waals surface area contributed by atoms with Crippen LogP contribution in [0.5, 0.6) is 0 Å². The standard InChI is InChI=1S/C21H23ClN4OS3/c1-3-26-19(13-29-12-15-7-4-5-10-18(15)22)24-25-21(26)30-14-20(27)23-16-8-6-9-17(11-16)28-2/h4-11H,3,12-14H2,1-2H3,(H,23,27). The van der Waals surface area contributed by atoms with Crippen LogP contribution in [0.2, 0.25) is 5.02 Å². The van der Waals surface area contributed by atoms with E-state index in [0.29, 0.717) is 0 Å². The monoisotopic (exact) mass is 478 g/mol. The van der Waals surface area contributed by atoms with Crippen molar-refractivity contribution in [3.63, 3.8) is 0 Å². The zero-order valence-corrected chi connectivity index (χ0v) is 20.0. The second kappa shape index (κ2) is 11.7. The van der Waals surface area contributed by atoms with E-state index in [-0.39, 0.29) is 11.7 Å². The summed E-state index contributed by atoms with van der Waals surface area (Å²) in [6.07, 6.45) is 2.01. The highest BCUT2D eigenvalue weighted by Crippen LogP contribution is 2.25. The molecule has 0 aliphatic rings. The van der Waals surface area contributed by atoms with Gasteiger partial charge in [0.15, 0.2) is 5.16 Å². The molecule has 0 unspecified atom stereocenters. The zero-order chi connectivity index (χ0) is 21.3. The number of benzene rings is 2. The normalized spacial score (nSPS) is 10.9. The van der Waals surface area contributed by atoms with Crippen molar-refractivity contribution in [3.8, 4) is 0 Å². The molecule has 0 saturated heterocycles. The number of hydrogen-bond acceptors (Lipinski definition) is 6. The van der Waals surface area contributed by atoms with Crippen molar-refractivity contribution in [1.29, 1.82) is 0 Å². The average molecular weight is 479 g/mol. The van der Waals surface area contributed by atoms with Crippen LogP contribution >= 0.6 is 46.9 Å². The number of anilines is 1. The van der Waals surface area contributed by atoms with E-state index in [1.807, 2.05) is 54.8 Å². The lowest BCUT2D eigenvalue weighted by Gasteiger charge is -2.08. The topological polar surface area (TPSA) is 59.8 Å². The van der Waals surface area contributed by atoms with Gasteiger partial charge in [-0.15, -0.1) is 33.7 Å². The number of thioether (sulfide) groups is 3. The number of nitrogens with zero attached hydrogens (tertiary/aromatic N) is 3. The fraction of sp³-hybridized carbons (Fsp3) is 0.286. The molecule has 0 radical (unpaired) electrons. The van der Waals surface area contributed by atoms with Crippen molar-refractivity contribution in [1.82, 2.24) is 14.8 Å². The molecule has 1 N–H and O–H groups in total. The first-order valence-corrected chi connectivity index (χ1v) is 13.1. The Bertz CT molecular complexity index is 996. The molecule has 3 aromatic rings. The van der Waals surface area contributed by atoms with E-state index in [0.717, 1.165) is 50.2 Å². The Kier molecular flexibility index (Phi) is 8.99. The Balaban J connectivity index is 1.53. The minimum Gasteiger partial charge on any atom is -0.325 e. The van der Waals surface area contributed by atoms with Gasteiger partial charge in [-0.25, -0.2) is 0 Å². The van der Waals surface area contributed by atoms with E-state index in [9.17, 15) is 4.79 Å². The number of nitrogens with one attached hydrogen (secondary N) is 1. The Labute approximate surface area is 194 Å². The van der Waals surface area contributed by atoms with Gasteiger partial charge in [-0.1, -0.05) is 47.6 Å². The Morgan fingerprint density at radius 1 is 1.13 bits per heavy atom. The lowest BCUT2D eigenvalue weighted by molar-refractivity contribution is -0.113. The van der Waals surface area contributed by atoms with E-state index in [1.165, 1.54) is 11.8 Å². The SMILES string of the molecule is CCn1c(CSCc2ccccc2Cl)nnc1SCC(=O)Nc1cccc(SC)c1. The van der Waals surface area contributed by atoms with Crippen LogP contribution in [0.25, 0.3) is 0 Å². The van der Waals surface area contributed by atoms with Crippen molar-refractivity contribution in [2.24, 2.45) is 0 Å². The average Bonchev–Trinajstić information content (AvgIpc) is 3.15. The van der Waals surface area contributed by atoms with Crippen LogP contribution in [0, 0.1) is 0 Å². The molecule has 9 heteroatoms. The van der Waals surface area contributed by atoms with Crippen LogP contribution < -0.4 is 5.32 Å². The Morgan fingerprint density at radius 3 is 2.73 bits per heavy atom. The van der Waals surface area contributed by atoms with E-state index in [2.05, 4.69) is 27.0 Å². The summed E-state index contributed by atoms with van der Waals surface area (Å²) in [6, 6.07) is 15.7. The molecule has 0 aliphatic heterocycles. The number of rotatable bonds is 10. The highest BCUT2D eigenvalue weighted by atomic mass is 35.5. The van der Waals surface area contributed by atoms with Gasteiger partial charge in [0, 0.05) is 27.9 Å². The number of halogens is 1. The lowest BCUT2D eigenvalue weighted by Crippen LogP contribution is -2.14. The van der Waals surface area contributed by atoms with E-state index in [1.54, 1.807) is 23.5 Å². The van der Waals surface area contributed by atoms with Gasteiger partial charge in [-0.3, -0.25) is 4.79 Å². The van der Waals surface area contributed by atoms with E-state index in [4.69, 9.17) is 11.6 Å².